The maximum absolute atomic E-state index is 12.8. The molecule has 6 heteroatoms. The van der Waals surface area contributed by atoms with E-state index in [2.05, 4.69) is 0 Å². The monoisotopic (exact) mass is 349 g/mol. The maximum atomic E-state index is 12.8. The molecule has 1 saturated heterocycles. The van der Waals surface area contributed by atoms with Crippen LogP contribution in [0, 0.1) is 5.92 Å². The summed E-state index contributed by atoms with van der Waals surface area (Å²) in [6, 6.07) is 7.04. The molecule has 0 bridgehead atoms. The van der Waals surface area contributed by atoms with Crippen LogP contribution in [0.25, 0.3) is 0 Å². The highest BCUT2D eigenvalue weighted by Crippen LogP contribution is 2.18. The molecule has 0 radical (unpaired) electrons. The molecule has 0 saturated carbocycles. The van der Waals surface area contributed by atoms with E-state index < -0.39 is 5.97 Å². The number of carboxylic acid groups (broad SMARTS) is 1. The molecular weight excluding hydrogens is 322 g/mol. The molecule has 1 unspecified atom stereocenters. The molecule has 1 fully saturated rings. The molecule has 0 spiro atoms. The number of hydrogen-bond donors (Lipinski definition) is 1. The third kappa shape index (κ3) is 6.38. The molecule has 1 aliphatic rings. The van der Waals surface area contributed by atoms with Crippen molar-refractivity contribution in [3.8, 4) is 5.75 Å². The maximum Gasteiger partial charge on any atom is 0.305 e. The van der Waals surface area contributed by atoms with Crippen molar-refractivity contribution < 1.29 is 24.2 Å². The van der Waals surface area contributed by atoms with Crippen molar-refractivity contribution in [1.82, 2.24) is 4.90 Å². The van der Waals surface area contributed by atoms with Crippen LogP contribution in [0.3, 0.4) is 0 Å². The lowest BCUT2D eigenvalue weighted by Gasteiger charge is -2.24. The zero-order chi connectivity index (χ0) is 18.2. The van der Waals surface area contributed by atoms with E-state index in [1.54, 1.807) is 23.1 Å². The van der Waals surface area contributed by atoms with Crippen molar-refractivity contribution in [3.05, 3.63) is 29.8 Å². The molecule has 0 aromatic heterocycles. The van der Waals surface area contributed by atoms with E-state index in [0.717, 1.165) is 19.4 Å². The Morgan fingerprint density at radius 1 is 1.40 bits per heavy atom. The average Bonchev–Trinajstić information content (AvgIpc) is 3.09. The summed E-state index contributed by atoms with van der Waals surface area (Å²) in [5, 5.41) is 8.90. The lowest BCUT2D eigenvalue weighted by atomic mass is 10.1. The van der Waals surface area contributed by atoms with Crippen LogP contribution in [0.4, 0.5) is 0 Å². The zero-order valence-electron chi connectivity index (χ0n) is 14.9. The Kier molecular flexibility index (Phi) is 7.25. The summed E-state index contributed by atoms with van der Waals surface area (Å²) in [5.41, 5.74) is 0.510. The number of rotatable bonds is 9. The number of nitrogens with zero attached hydrogens (tertiary/aromatic N) is 1. The van der Waals surface area contributed by atoms with Gasteiger partial charge in [0.2, 0.25) is 0 Å². The molecular formula is C19H27NO5. The number of amides is 1. The van der Waals surface area contributed by atoms with Crippen LogP contribution >= 0.6 is 0 Å². The van der Waals surface area contributed by atoms with Crippen LogP contribution in [0.15, 0.2) is 24.3 Å². The summed E-state index contributed by atoms with van der Waals surface area (Å²) in [6.45, 7) is 5.98. The highest BCUT2D eigenvalue weighted by Gasteiger charge is 2.19. The normalized spacial score (nSPS) is 16.8. The van der Waals surface area contributed by atoms with E-state index >= 15 is 0 Å². The quantitative estimate of drug-likeness (QED) is 0.742. The molecule has 138 valence electrons. The minimum absolute atomic E-state index is 0.0618. The van der Waals surface area contributed by atoms with E-state index in [-0.39, 0.29) is 30.9 Å². The highest BCUT2D eigenvalue weighted by molar-refractivity contribution is 5.94. The molecule has 6 nitrogen and oxygen atoms in total. The highest BCUT2D eigenvalue weighted by atomic mass is 16.5. The summed E-state index contributed by atoms with van der Waals surface area (Å²) in [6.07, 6.45) is 2.11. The first-order chi connectivity index (χ1) is 12.0. The molecule has 1 amide bonds. The second-order valence-corrected chi connectivity index (χ2v) is 6.76. The predicted octanol–water partition coefficient (Wildman–Crippen LogP) is 2.82. The first-order valence-electron chi connectivity index (χ1n) is 8.81. The summed E-state index contributed by atoms with van der Waals surface area (Å²) in [5.74, 6) is -0.187. The molecule has 25 heavy (non-hydrogen) atoms. The number of hydrogen-bond acceptors (Lipinski definition) is 4. The number of carbonyl (C=O) groups is 2. The molecule has 1 atom stereocenters. The third-order valence-corrected chi connectivity index (χ3v) is 4.01. The molecule has 1 heterocycles. The van der Waals surface area contributed by atoms with Gasteiger partial charge in [-0.05, 0) is 37.0 Å². The second-order valence-electron chi connectivity index (χ2n) is 6.76. The van der Waals surface area contributed by atoms with Crippen molar-refractivity contribution in [2.24, 2.45) is 5.92 Å². The summed E-state index contributed by atoms with van der Waals surface area (Å²) >= 11 is 0. The van der Waals surface area contributed by atoms with Gasteiger partial charge in [0.15, 0.2) is 0 Å². The standard InChI is InChI=1S/C19H27NO5/c1-14(2)12-20(9-8-18(21)22)19(23)15-5-3-6-16(11-15)25-13-17-7-4-10-24-17/h3,5-6,11,14,17H,4,7-10,12-13H2,1-2H3,(H,21,22). The Morgan fingerprint density at radius 2 is 2.20 bits per heavy atom. The van der Waals surface area contributed by atoms with Crippen molar-refractivity contribution in [1.29, 1.82) is 0 Å². The predicted molar refractivity (Wildman–Crippen MR) is 93.9 cm³/mol. The van der Waals surface area contributed by atoms with Gasteiger partial charge < -0.3 is 19.5 Å². The van der Waals surface area contributed by atoms with Gasteiger partial charge in [0.05, 0.1) is 12.5 Å². The van der Waals surface area contributed by atoms with Gasteiger partial charge in [-0.3, -0.25) is 9.59 Å². The van der Waals surface area contributed by atoms with Gasteiger partial charge in [0.25, 0.3) is 5.91 Å². The van der Waals surface area contributed by atoms with E-state index in [0.29, 0.717) is 24.5 Å². The number of carboxylic acids is 1. The number of ether oxygens (including phenoxy) is 2. The van der Waals surface area contributed by atoms with Crippen molar-refractivity contribution in [2.45, 2.75) is 39.2 Å². The minimum atomic E-state index is -0.907. The van der Waals surface area contributed by atoms with Gasteiger partial charge in [-0.2, -0.15) is 0 Å². The zero-order valence-corrected chi connectivity index (χ0v) is 14.9. The Balaban J connectivity index is 2.01. The molecule has 2 rings (SSSR count). The Labute approximate surface area is 148 Å². The van der Waals surface area contributed by atoms with Crippen molar-refractivity contribution in [3.63, 3.8) is 0 Å². The number of aliphatic carboxylic acids is 1. The van der Waals surface area contributed by atoms with E-state index in [1.807, 2.05) is 19.9 Å². The van der Waals surface area contributed by atoms with E-state index in [9.17, 15) is 9.59 Å². The fourth-order valence-corrected chi connectivity index (χ4v) is 2.81. The molecule has 1 aromatic rings. The van der Waals surface area contributed by atoms with Gasteiger partial charge >= 0.3 is 5.97 Å². The average molecular weight is 349 g/mol. The van der Waals surface area contributed by atoms with Crippen LogP contribution in [0.2, 0.25) is 0 Å². The van der Waals surface area contributed by atoms with Crippen LogP contribution in [0.5, 0.6) is 5.75 Å². The van der Waals surface area contributed by atoms with Crippen molar-refractivity contribution in [2.75, 3.05) is 26.3 Å². The molecule has 0 aliphatic carbocycles. The summed E-state index contributed by atoms with van der Waals surface area (Å²) < 4.78 is 11.3. The fraction of sp³-hybridized carbons (Fsp3) is 0.579. The van der Waals surface area contributed by atoms with Crippen LogP contribution in [0.1, 0.15) is 43.5 Å². The van der Waals surface area contributed by atoms with Crippen molar-refractivity contribution >= 4 is 11.9 Å². The van der Waals surface area contributed by atoms with Gasteiger partial charge in [0, 0.05) is 25.3 Å². The van der Waals surface area contributed by atoms with Gasteiger partial charge in [-0.15, -0.1) is 0 Å². The molecule has 1 N–H and O–H groups in total. The SMILES string of the molecule is CC(C)CN(CCC(=O)O)C(=O)c1cccc(OCC2CCCO2)c1. The third-order valence-electron chi connectivity index (χ3n) is 4.01. The van der Waals surface area contributed by atoms with Crippen LogP contribution in [-0.4, -0.2) is 54.3 Å². The summed E-state index contributed by atoms with van der Waals surface area (Å²) in [7, 11) is 0. The van der Waals surface area contributed by atoms with Crippen LogP contribution in [-0.2, 0) is 9.53 Å². The fourth-order valence-electron chi connectivity index (χ4n) is 2.81. The van der Waals surface area contributed by atoms with Crippen LogP contribution < -0.4 is 4.74 Å². The molecule has 1 aliphatic heterocycles. The lowest BCUT2D eigenvalue weighted by molar-refractivity contribution is -0.137. The van der Waals surface area contributed by atoms with E-state index in [4.69, 9.17) is 14.6 Å². The van der Waals surface area contributed by atoms with Gasteiger partial charge in [-0.25, -0.2) is 0 Å². The molecule has 1 aromatic carbocycles. The first-order valence-corrected chi connectivity index (χ1v) is 8.81. The van der Waals surface area contributed by atoms with E-state index in [1.165, 1.54) is 0 Å². The lowest BCUT2D eigenvalue weighted by Crippen LogP contribution is -2.36. The largest absolute Gasteiger partial charge is 0.491 e. The Morgan fingerprint density at radius 3 is 2.84 bits per heavy atom. The van der Waals surface area contributed by atoms with Gasteiger partial charge in [0.1, 0.15) is 12.4 Å². The summed E-state index contributed by atoms with van der Waals surface area (Å²) in [4.78, 5) is 25.2. The van der Waals surface area contributed by atoms with Gasteiger partial charge in [-0.1, -0.05) is 19.9 Å². The second kappa shape index (κ2) is 9.42. The Bertz CT molecular complexity index is 581. The first kappa shape index (κ1) is 19.2. The number of carbonyl (C=O) groups excluding carboxylic acids is 1. The number of benzene rings is 1. The Hall–Kier alpha value is -2.08. The smallest absolute Gasteiger partial charge is 0.305 e. The minimum Gasteiger partial charge on any atom is -0.491 e. The topological polar surface area (TPSA) is 76.1 Å².